The van der Waals surface area contributed by atoms with Crippen molar-refractivity contribution in [2.45, 2.75) is 6.04 Å². The van der Waals surface area contributed by atoms with Gasteiger partial charge in [0.2, 0.25) is 0 Å². The summed E-state index contributed by atoms with van der Waals surface area (Å²) in [6.07, 6.45) is 0. The monoisotopic (exact) mass is 240 g/mol. The molecule has 0 saturated carbocycles. The molecular formula is C5H9IN2O. The van der Waals surface area contributed by atoms with Gasteiger partial charge in [0.15, 0.2) is 0 Å². The molecule has 0 aromatic rings. The number of hydrogen-bond donors (Lipinski definition) is 1. The predicted molar refractivity (Wildman–Crippen MR) is 43.8 cm³/mol. The molecule has 52 valence electrons. The highest BCUT2D eigenvalue weighted by Gasteiger charge is 2.23. The van der Waals surface area contributed by atoms with E-state index in [1.165, 1.54) is 0 Å². The molecular weight excluding hydrogens is 231 g/mol. The topological polar surface area (TPSA) is 32.3 Å². The lowest BCUT2D eigenvalue weighted by Crippen LogP contribution is -2.27. The molecule has 0 aromatic heterocycles. The van der Waals surface area contributed by atoms with Gasteiger partial charge in [-0.25, -0.2) is 4.79 Å². The standard InChI is InChI=1S/C5H9IN2O/c1-8-3-4(2-6)7-5(8)9/h4H,2-3H2,1H3,(H,7,9). The lowest BCUT2D eigenvalue weighted by Gasteiger charge is -2.03. The first-order valence-electron chi connectivity index (χ1n) is 2.81. The van der Waals surface area contributed by atoms with E-state index in [1.54, 1.807) is 4.90 Å². The van der Waals surface area contributed by atoms with Gasteiger partial charge in [-0.15, -0.1) is 0 Å². The van der Waals surface area contributed by atoms with Crippen molar-refractivity contribution in [1.82, 2.24) is 10.2 Å². The van der Waals surface area contributed by atoms with Gasteiger partial charge < -0.3 is 10.2 Å². The number of amides is 2. The van der Waals surface area contributed by atoms with Gasteiger partial charge in [-0.1, -0.05) is 22.6 Å². The summed E-state index contributed by atoms with van der Waals surface area (Å²) in [6.45, 7) is 0.849. The van der Waals surface area contributed by atoms with Crippen LogP contribution in [0.1, 0.15) is 0 Å². The van der Waals surface area contributed by atoms with Gasteiger partial charge in [-0.2, -0.15) is 0 Å². The van der Waals surface area contributed by atoms with Crippen LogP contribution in [0.3, 0.4) is 0 Å². The van der Waals surface area contributed by atoms with Crippen LogP contribution in [0.4, 0.5) is 4.79 Å². The van der Waals surface area contributed by atoms with Gasteiger partial charge in [0.25, 0.3) is 0 Å². The van der Waals surface area contributed by atoms with Crippen LogP contribution < -0.4 is 5.32 Å². The molecule has 3 nitrogen and oxygen atoms in total. The minimum atomic E-state index is 0.0525. The maximum atomic E-state index is 10.8. The summed E-state index contributed by atoms with van der Waals surface area (Å²) in [5, 5.41) is 2.83. The zero-order valence-electron chi connectivity index (χ0n) is 5.22. The number of hydrogen-bond acceptors (Lipinski definition) is 1. The van der Waals surface area contributed by atoms with Crippen molar-refractivity contribution in [3.05, 3.63) is 0 Å². The predicted octanol–water partition coefficient (Wildman–Crippen LogP) is 0.445. The van der Waals surface area contributed by atoms with Crippen LogP contribution in [0, 0.1) is 0 Å². The summed E-state index contributed by atoms with van der Waals surface area (Å²) >= 11 is 2.27. The highest BCUT2D eigenvalue weighted by atomic mass is 127. The van der Waals surface area contributed by atoms with E-state index in [-0.39, 0.29) is 6.03 Å². The average Bonchev–Trinajstić information content (AvgIpc) is 2.13. The van der Waals surface area contributed by atoms with Gasteiger partial charge in [-0.05, 0) is 0 Å². The normalized spacial score (nSPS) is 26.7. The Kier molecular flexibility index (Phi) is 2.15. The van der Waals surface area contributed by atoms with E-state index in [0.717, 1.165) is 11.0 Å². The number of halogens is 1. The third-order valence-corrected chi connectivity index (χ3v) is 2.42. The average molecular weight is 240 g/mol. The van der Waals surface area contributed by atoms with E-state index in [1.807, 2.05) is 7.05 Å². The van der Waals surface area contributed by atoms with Crippen LogP contribution in [0.2, 0.25) is 0 Å². The highest BCUT2D eigenvalue weighted by molar-refractivity contribution is 14.1. The quantitative estimate of drug-likeness (QED) is 0.523. The first kappa shape index (κ1) is 7.11. The second kappa shape index (κ2) is 2.72. The minimum absolute atomic E-state index is 0.0525. The number of likely N-dealkylation sites (N-methyl/N-ethyl adjacent to an activating group) is 1. The summed E-state index contributed by atoms with van der Waals surface area (Å²) < 4.78 is 0.994. The van der Waals surface area contributed by atoms with Crippen LogP contribution in [0.15, 0.2) is 0 Å². The minimum Gasteiger partial charge on any atom is -0.333 e. The Labute approximate surface area is 67.9 Å². The van der Waals surface area contributed by atoms with Gasteiger partial charge >= 0.3 is 6.03 Å². The number of carbonyl (C=O) groups excluding carboxylic acids is 1. The third kappa shape index (κ3) is 1.47. The molecule has 0 bridgehead atoms. The molecule has 4 heteroatoms. The van der Waals surface area contributed by atoms with E-state index in [0.29, 0.717) is 6.04 Å². The van der Waals surface area contributed by atoms with E-state index in [2.05, 4.69) is 27.9 Å². The summed E-state index contributed by atoms with van der Waals surface area (Å²) in [5.74, 6) is 0. The lowest BCUT2D eigenvalue weighted by atomic mass is 10.4. The summed E-state index contributed by atoms with van der Waals surface area (Å²) in [5.41, 5.74) is 0. The van der Waals surface area contributed by atoms with Crippen molar-refractivity contribution in [2.24, 2.45) is 0 Å². The third-order valence-electron chi connectivity index (χ3n) is 1.35. The van der Waals surface area contributed by atoms with Gasteiger partial charge in [0.05, 0.1) is 6.04 Å². The molecule has 0 aliphatic carbocycles. The maximum Gasteiger partial charge on any atom is 0.317 e. The molecule has 1 N–H and O–H groups in total. The Bertz CT molecular complexity index is 128. The number of nitrogens with zero attached hydrogens (tertiary/aromatic N) is 1. The lowest BCUT2D eigenvalue weighted by molar-refractivity contribution is 0.226. The molecule has 9 heavy (non-hydrogen) atoms. The zero-order chi connectivity index (χ0) is 6.85. The number of carbonyl (C=O) groups is 1. The molecule has 0 aromatic carbocycles. The molecule has 1 aliphatic rings. The Morgan fingerprint density at radius 2 is 2.67 bits per heavy atom. The maximum absolute atomic E-state index is 10.8. The summed E-state index contributed by atoms with van der Waals surface area (Å²) in [4.78, 5) is 12.5. The molecule has 2 amide bonds. The van der Waals surface area contributed by atoms with Crippen LogP contribution in [0.5, 0.6) is 0 Å². The van der Waals surface area contributed by atoms with Gasteiger partial charge in [0, 0.05) is 18.0 Å². The first-order chi connectivity index (χ1) is 4.24. The number of rotatable bonds is 1. The number of nitrogens with one attached hydrogen (secondary N) is 1. The van der Waals surface area contributed by atoms with E-state index in [4.69, 9.17) is 0 Å². The second-order valence-electron chi connectivity index (χ2n) is 2.18. The molecule has 1 fully saturated rings. The van der Waals surface area contributed by atoms with Crippen LogP contribution in [0.25, 0.3) is 0 Å². The Morgan fingerprint density at radius 3 is 2.89 bits per heavy atom. The number of urea groups is 1. The molecule has 1 unspecified atom stereocenters. The zero-order valence-corrected chi connectivity index (χ0v) is 7.38. The highest BCUT2D eigenvalue weighted by Crippen LogP contribution is 2.02. The van der Waals surface area contributed by atoms with E-state index >= 15 is 0 Å². The van der Waals surface area contributed by atoms with Crippen molar-refractivity contribution < 1.29 is 4.79 Å². The van der Waals surface area contributed by atoms with Crippen LogP contribution >= 0.6 is 22.6 Å². The number of alkyl halides is 1. The first-order valence-corrected chi connectivity index (χ1v) is 4.34. The smallest absolute Gasteiger partial charge is 0.317 e. The van der Waals surface area contributed by atoms with Gasteiger partial charge in [-0.3, -0.25) is 0 Å². The Hall–Kier alpha value is 0. The Balaban J connectivity index is 2.44. The van der Waals surface area contributed by atoms with Crippen molar-refractivity contribution in [3.8, 4) is 0 Å². The molecule has 1 rings (SSSR count). The molecule has 1 aliphatic heterocycles. The fourth-order valence-electron chi connectivity index (χ4n) is 0.831. The molecule has 1 heterocycles. The SMILES string of the molecule is CN1CC(CI)NC1=O. The van der Waals surface area contributed by atoms with Gasteiger partial charge in [0.1, 0.15) is 0 Å². The van der Waals surface area contributed by atoms with Crippen LogP contribution in [-0.4, -0.2) is 35.0 Å². The second-order valence-corrected chi connectivity index (χ2v) is 3.06. The van der Waals surface area contributed by atoms with Crippen molar-refractivity contribution in [3.63, 3.8) is 0 Å². The summed E-state index contributed by atoms with van der Waals surface area (Å²) in [6, 6.07) is 0.416. The van der Waals surface area contributed by atoms with Crippen molar-refractivity contribution in [1.29, 1.82) is 0 Å². The summed E-state index contributed by atoms with van der Waals surface area (Å²) in [7, 11) is 1.81. The Morgan fingerprint density at radius 1 is 2.00 bits per heavy atom. The molecule has 0 radical (unpaired) electrons. The van der Waals surface area contributed by atoms with E-state index < -0.39 is 0 Å². The van der Waals surface area contributed by atoms with E-state index in [9.17, 15) is 4.79 Å². The molecule has 0 spiro atoms. The fraction of sp³-hybridized carbons (Fsp3) is 0.800. The van der Waals surface area contributed by atoms with Crippen molar-refractivity contribution >= 4 is 28.6 Å². The molecule has 1 saturated heterocycles. The fourth-order valence-corrected chi connectivity index (χ4v) is 1.33. The molecule has 1 atom stereocenters. The van der Waals surface area contributed by atoms with Crippen molar-refractivity contribution in [2.75, 3.05) is 18.0 Å². The largest absolute Gasteiger partial charge is 0.333 e. The van der Waals surface area contributed by atoms with Crippen LogP contribution in [-0.2, 0) is 0 Å².